The molecule has 18 heavy (non-hydrogen) atoms. The molecule has 0 spiro atoms. The van der Waals surface area contributed by atoms with Gasteiger partial charge in [-0.25, -0.2) is 0 Å². The number of rotatable bonds is 2. The van der Waals surface area contributed by atoms with Gasteiger partial charge in [0.05, 0.1) is 0 Å². The van der Waals surface area contributed by atoms with E-state index in [1.807, 2.05) is 60.7 Å². The van der Waals surface area contributed by atoms with Gasteiger partial charge in [-0.05, 0) is 45.0 Å². The van der Waals surface area contributed by atoms with Gasteiger partial charge < -0.3 is 4.55 Å². The van der Waals surface area contributed by atoms with Crippen molar-refractivity contribution in [2.45, 2.75) is 35.3 Å². The van der Waals surface area contributed by atoms with Gasteiger partial charge in [-0.15, -0.1) is 0 Å². The average Bonchev–Trinajstić information content (AvgIpc) is 2.38. The van der Waals surface area contributed by atoms with Gasteiger partial charge in [0, 0.05) is 14.5 Å². The third-order valence-electron chi connectivity index (χ3n) is 3.05. The highest BCUT2D eigenvalue weighted by Gasteiger charge is 2.38. The molecule has 2 aromatic rings. The van der Waals surface area contributed by atoms with Crippen LogP contribution in [0.15, 0.2) is 70.5 Å². The summed E-state index contributed by atoms with van der Waals surface area (Å²) in [5.41, 5.74) is 0. The van der Waals surface area contributed by atoms with E-state index in [9.17, 15) is 4.55 Å². The first-order chi connectivity index (χ1) is 8.46. The number of hydrogen-bond acceptors (Lipinski definition) is 1. The van der Waals surface area contributed by atoms with Gasteiger partial charge in [0.15, 0.2) is 0 Å². The molecule has 96 valence electrons. The fraction of sp³-hybridized carbons (Fsp3) is 0.250. The van der Waals surface area contributed by atoms with E-state index >= 15 is 0 Å². The monoisotopic (exact) mass is 260 g/mol. The van der Waals surface area contributed by atoms with E-state index in [0.717, 1.165) is 9.79 Å². The molecule has 0 radical (unpaired) electrons. The van der Waals surface area contributed by atoms with Crippen molar-refractivity contribution in [2.24, 2.45) is 0 Å². The summed E-state index contributed by atoms with van der Waals surface area (Å²) in [4.78, 5) is 2.03. The zero-order chi connectivity index (χ0) is 13.2. The van der Waals surface area contributed by atoms with Crippen molar-refractivity contribution in [3.8, 4) is 0 Å². The minimum absolute atomic E-state index is 0.199. The van der Waals surface area contributed by atoms with Crippen molar-refractivity contribution in [1.82, 2.24) is 0 Å². The molecule has 0 saturated heterocycles. The van der Waals surface area contributed by atoms with Crippen LogP contribution in [0.2, 0.25) is 0 Å². The molecule has 0 atom stereocenters. The van der Waals surface area contributed by atoms with Crippen LogP contribution in [0.1, 0.15) is 20.8 Å². The van der Waals surface area contributed by atoms with Crippen LogP contribution in [0.5, 0.6) is 0 Å². The van der Waals surface area contributed by atoms with Crippen molar-refractivity contribution in [3.05, 3.63) is 60.7 Å². The van der Waals surface area contributed by atoms with Crippen molar-refractivity contribution in [1.29, 1.82) is 0 Å². The second-order valence-electron chi connectivity index (χ2n) is 5.32. The SMILES string of the molecule is CC(C)(C)S(O)(c1ccccc1)c1ccccc1. The molecule has 0 aliphatic rings. The maximum Gasteiger partial charge on any atom is 0.0213 e. The van der Waals surface area contributed by atoms with Gasteiger partial charge in [0.2, 0.25) is 0 Å². The molecule has 0 amide bonds. The average molecular weight is 260 g/mol. The zero-order valence-corrected chi connectivity index (χ0v) is 11.9. The first-order valence-electron chi connectivity index (χ1n) is 6.12. The van der Waals surface area contributed by atoms with Gasteiger partial charge >= 0.3 is 0 Å². The van der Waals surface area contributed by atoms with E-state index in [2.05, 4.69) is 20.8 Å². The molecule has 2 heteroatoms. The smallest absolute Gasteiger partial charge is 0.0213 e. The first-order valence-corrected chi connectivity index (χ1v) is 7.71. The molecular formula is C16H20OS. The largest absolute Gasteiger partial charge is 0.342 e. The molecule has 0 heterocycles. The van der Waals surface area contributed by atoms with Crippen molar-refractivity contribution < 1.29 is 4.55 Å². The number of hydrogen-bond donors (Lipinski definition) is 1. The highest BCUT2D eigenvalue weighted by atomic mass is 32.3. The Bertz CT molecular complexity index is 460. The van der Waals surface area contributed by atoms with Crippen LogP contribution in [0.4, 0.5) is 0 Å². The Morgan fingerprint density at radius 3 is 1.33 bits per heavy atom. The van der Waals surface area contributed by atoms with Crippen LogP contribution >= 0.6 is 10.3 Å². The quantitative estimate of drug-likeness (QED) is 0.788. The standard InChI is InChI=1S/C16H20OS/c1-16(2,3)18(17,14-10-6-4-7-11-14)15-12-8-5-9-13-15/h4-13,17H,1-3H3. The highest BCUT2D eigenvalue weighted by Crippen LogP contribution is 2.67. The third kappa shape index (κ3) is 2.18. The van der Waals surface area contributed by atoms with Gasteiger partial charge in [-0.3, -0.25) is 0 Å². The second kappa shape index (κ2) is 4.79. The third-order valence-corrected chi connectivity index (χ3v) is 6.74. The van der Waals surface area contributed by atoms with Gasteiger partial charge in [0.1, 0.15) is 0 Å². The van der Waals surface area contributed by atoms with Gasteiger partial charge in [-0.1, -0.05) is 46.7 Å². The fourth-order valence-corrected chi connectivity index (χ4v) is 4.87. The van der Waals surface area contributed by atoms with Crippen molar-refractivity contribution >= 4 is 10.3 Å². The minimum Gasteiger partial charge on any atom is -0.342 e. The van der Waals surface area contributed by atoms with E-state index in [-0.39, 0.29) is 4.75 Å². The summed E-state index contributed by atoms with van der Waals surface area (Å²) >= 11 is 0. The highest BCUT2D eigenvalue weighted by molar-refractivity contribution is 8.30. The molecule has 0 bridgehead atoms. The van der Waals surface area contributed by atoms with Crippen LogP contribution in [0.25, 0.3) is 0 Å². The van der Waals surface area contributed by atoms with Crippen LogP contribution in [-0.2, 0) is 0 Å². The van der Waals surface area contributed by atoms with Crippen LogP contribution in [0, 0.1) is 0 Å². The molecule has 0 aromatic heterocycles. The van der Waals surface area contributed by atoms with E-state index in [1.165, 1.54) is 0 Å². The Labute approximate surface area is 111 Å². The Balaban J connectivity index is 2.63. The lowest BCUT2D eigenvalue weighted by atomic mass is 10.3. The topological polar surface area (TPSA) is 20.2 Å². The van der Waals surface area contributed by atoms with E-state index in [0.29, 0.717) is 0 Å². The first kappa shape index (κ1) is 13.2. The van der Waals surface area contributed by atoms with E-state index in [4.69, 9.17) is 0 Å². The van der Waals surface area contributed by atoms with Crippen LogP contribution < -0.4 is 0 Å². The lowest BCUT2D eigenvalue weighted by molar-refractivity contribution is 0.577. The lowest BCUT2D eigenvalue weighted by Gasteiger charge is -2.46. The fourth-order valence-electron chi connectivity index (χ4n) is 2.08. The molecule has 1 nitrogen and oxygen atoms in total. The van der Waals surface area contributed by atoms with Gasteiger partial charge in [0.25, 0.3) is 0 Å². The molecular weight excluding hydrogens is 240 g/mol. The van der Waals surface area contributed by atoms with Crippen molar-refractivity contribution in [3.63, 3.8) is 0 Å². The molecule has 2 rings (SSSR count). The molecule has 0 aliphatic carbocycles. The molecule has 0 saturated carbocycles. The van der Waals surface area contributed by atoms with Crippen LogP contribution in [0.3, 0.4) is 0 Å². The molecule has 0 unspecified atom stereocenters. The molecule has 2 aromatic carbocycles. The predicted molar refractivity (Wildman–Crippen MR) is 79.4 cm³/mol. The van der Waals surface area contributed by atoms with E-state index in [1.54, 1.807) is 0 Å². The summed E-state index contributed by atoms with van der Waals surface area (Å²) in [7, 11) is -2.01. The van der Waals surface area contributed by atoms with Crippen molar-refractivity contribution in [2.75, 3.05) is 0 Å². The summed E-state index contributed by atoms with van der Waals surface area (Å²) in [6.45, 7) is 6.30. The number of benzene rings is 2. The zero-order valence-electron chi connectivity index (χ0n) is 11.1. The normalized spacial score (nSPS) is 13.3. The van der Waals surface area contributed by atoms with Gasteiger partial charge in [-0.2, -0.15) is 0 Å². The Kier molecular flexibility index (Phi) is 3.51. The van der Waals surface area contributed by atoms with E-state index < -0.39 is 10.3 Å². The Morgan fingerprint density at radius 1 is 0.722 bits per heavy atom. The summed E-state index contributed by atoms with van der Waals surface area (Å²) in [6.07, 6.45) is 0. The maximum atomic E-state index is 11.4. The van der Waals surface area contributed by atoms with Crippen LogP contribution in [-0.4, -0.2) is 9.30 Å². The summed E-state index contributed by atoms with van der Waals surface area (Å²) in [5.74, 6) is 0. The Hall–Kier alpha value is -1.25. The molecule has 1 N–H and O–H groups in total. The second-order valence-corrected chi connectivity index (χ2v) is 8.65. The predicted octanol–water partition coefficient (Wildman–Crippen LogP) is 5.18. The summed E-state index contributed by atoms with van der Waals surface area (Å²) < 4.78 is 11.2. The maximum absolute atomic E-state index is 11.4. The summed E-state index contributed by atoms with van der Waals surface area (Å²) in [5, 5.41) is 0. The lowest BCUT2D eigenvalue weighted by Crippen LogP contribution is -2.25. The molecule has 0 aliphatic heterocycles. The molecule has 0 fully saturated rings. The minimum atomic E-state index is -2.01. The summed E-state index contributed by atoms with van der Waals surface area (Å²) in [6, 6.07) is 20.0. The Morgan fingerprint density at radius 2 is 1.06 bits per heavy atom.